The fourth-order valence-electron chi connectivity index (χ4n) is 1.87. The number of hydrogen-bond donors (Lipinski definition) is 2. The Morgan fingerprint density at radius 3 is 2.88 bits per heavy atom. The second-order valence-corrected chi connectivity index (χ2v) is 3.65. The van der Waals surface area contributed by atoms with Gasteiger partial charge in [0.25, 0.3) is 0 Å². The number of aromatic amines is 1. The number of benzene rings is 1. The minimum atomic E-state index is -0.297. The van der Waals surface area contributed by atoms with Gasteiger partial charge in [-0.3, -0.25) is 9.55 Å². The number of phenols is 1. The van der Waals surface area contributed by atoms with Crippen LogP contribution in [-0.4, -0.2) is 19.6 Å². The summed E-state index contributed by atoms with van der Waals surface area (Å²) in [5.74, 6) is 0.0599. The Morgan fingerprint density at radius 1 is 1.24 bits per heavy atom. The van der Waals surface area contributed by atoms with Crippen molar-refractivity contribution in [3.05, 3.63) is 53.2 Å². The van der Waals surface area contributed by atoms with Crippen molar-refractivity contribution in [1.29, 1.82) is 0 Å². The van der Waals surface area contributed by atoms with Gasteiger partial charge in [-0.25, -0.2) is 4.79 Å². The molecule has 2 aromatic heterocycles. The number of para-hydroxylation sites is 1. The van der Waals surface area contributed by atoms with Crippen molar-refractivity contribution in [1.82, 2.24) is 14.5 Å². The van der Waals surface area contributed by atoms with Crippen LogP contribution in [0.15, 0.2) is 47.5 Å². The summed E-state index contributed by atoms with van der Waals surface area (Å²) < 4.78 is 1.40. The number of fused-ring (bicyclic) bond motifs is 1. The summed E-state index contributed by atoms with van der Waals surface area (Å²) in [5, 5.41) is 9.83. The average molecular weight is 227 g/mol. The maximum Gasteiger partial charge on any atom is 0.331 e. The predicted molar refractivity (Wildman–Crippen MR) is 63.4 cm³/mol. The van der Waals surface area contributed by atoms with E-state index >= 15 is 0 Å². The zero-order valence-electron chi connectivity index (χ0n) is 8.79. The lowest BCUT2D eigenvalue weighted by Crippen LogP contribution is -2.14. The zero-order valence-corrected chi connectivity index (χ0v) is 8.79. The van der Waals surface area contributed by atoms with Crippen LogP contribution in [0, 0.1) is 0 Å². The Kier molecular flexibility index (Phi) is 1.98. The SMILES string of the molecule is O=c1[nH]c2cccc(O)c2n1-c1cccnc1. The highest BCUT2D eigenvalue weighted by atomic mass is 16.3. The van der Waals surface area contributed by atoms with Crippen molar-refractivity contribution < 1.29 is 5.11 Å². The van der Waals surface area contributed by atoms with Crippen molar-refractivity contribution in [3.63, 3.8) is 0 Å². The van der Waals surface area contributed by atoms with Crippen molar-refractivity contribution in [2.24, 2.45) is 0 Å². The standard InChI is InChI=1S/C12H9N3O2/c16-10-5-1-4-9-11(10)15(12(17)14-9)8-3-2-6-13-7-8/h1-7,16H,(H,14,17). The zero-order chi connectivity index (χ0) is 11.8. The number of hydrogen-bond acceptors (Lipinski definition) is 3. The first-order chi connectivity index (χ1) is 8.27. The van der Waals surface area contributed by atoms with Gasteiger partial charge in [-0.15, -0.1) is 0 Å². The highest BCUT2D eigenvalue weighted by Gasteiger charge is 2.11. The molecular weight excluding hydrogens is 218 g/mol. The van der Waals surface area contributed by atoms with E-state index in [1.165, 1.54) is 4.57 Å². The van der Waals surface area contributed by atoms with E-state index in [0.717, 1.165) is 0 Å². The van der Waals surface area contributed by atoms with Crippen LogP contribution in [0.2, 0.25) is 0 Å². The summed E-state index contributed by atoms with van der Waals surface area (Å²) in [6, 6.07) is 8.46. The van der Waals surface area contributed by atoms with Crippen molar-refractivity contribution in [2.45, 2.75) is 0 Å². The highest BCUT2D eigenvalue weighted by molar-refractivity contribution is 5.83. The van der Waals surface area contributed by atoms with E-state index in [2.05, 4.69) is 9.97 Å². The quantitative estimate of drug-likeness (QED) is 0.660. The molecular formula is C12H9N3O2. The van der Waals surface area contributed by atoms with Gasteiger partial charge < -0.3 is 10.1 Å². The number of aromatic nitrogens is 3. The van der Waals surface area contributed by atoms with Crippen LogP contribution in [0.5, 0.6) is 5.75 Å². The van der Waals surface area contributed by atoms with E-state index in [-0.39, 0.29) is 11.4 Å². The summed E-state index contributed by atoms with van der Waals surface area (Å²) in [6.07, 6.45) is 3.20. The van der Waals surface area contributed by atoms with E-state index in [1.807, 2.05) is 0 Å². The van der Waals surface area contributed by atoms with Crippen LogP contribution >= 0.6 is 0 Å². The van der Waals surface area contributed by atoms with Gasteiger partial charge in [0.15, 0.2) is 0 Å². The summed E-state index contributed by atoms with van der Waals surface area (Å²) in [5.41, 5.74) is 1.38. The molecule has 0 aliphatic heterocycles. The summed E-state index contributed by atoms with van der Waals surface area (Å²) in [7, 11) is 0. The Labute approximate surface area is 96.0 Å². The molecule has 1 aromatic carbocycles. The first-order valence-corrected chi connectivity index (χ1v) is 5.10. The number of nitrogens with one attached hydrogen (secondary N) is 1. The number of rotatable bonds is 1. The Hall–Kier alpha value is -2.56. The maximum atomic E-state index is 11.9. The topological polar surface area (TPSA) is 70.9 Å². The molecule has 0 spiro atoms. The van der Waals surface area contributed by atoms with Crippen LogP contribution in [-0.2, 0) is 0 Å². The molecule has 0 aliphatic rings. The molecule has 0 atom stereocenters. The number of pyridine rings is 1. The third-order valence-electron chi connectivity index (χ3n) is 2.59. The van der Waals surface area contributed by atoms with Gasteiger partial charge in [-0.1, -0.05) is 6.07 Å². The smallest absolute Gasteiger partial charge is 0.331 e. The minimum Gasteiger partial charge on any atom is -0.506 e. The van der Waals surface area contributed by atoms with E-state index < -0.39 is 0 Å². The second kappa shape index (κ2) is 3.48. The summed E-state index contributed by atoms with van der Waals surface area (Å²) in [4.78, 5) is 18.5. The monoisotopic (exact) mass is 227 g/mol. The molecule has 0 radical (unpaired) electrons. The van der Waals surface area contributed by atoms with Gasteiger partial charge >= 0.3 is 5.69 Å². The molecule has 0 amide bonds. The van der Waals surface area contributed by atoms with Crippen molar-refractivity contribution in [2.75, 3.05) is 0 Å². The molecule has 2 N–H and O–H groups in total. The summed E-state index contributed by atoms with van der Waals surface area (Å²) >= 11 is 0. The number of aromatic hydroxyl groups is 1. The lowest BCUT2D eigenvalue weighted by atomic mass is 10.3. The van der Waals surface area contributed by atoms with Gasteiger partial charge in [-0.2, -0.15) is 0 Å². The normalized spacial score (nSPS) is 10.8. The van der Waals surface area contributed by atoms with Crippen LogP contribution in [0.3, 0.4) is 0 Å². The Bertz CT molecular complexity index is 728. The fourth-order valence-corrected chi connectivity index (χ4v) is 1.87. The van der Waals surface area contributed by atoms with Gasteiger partial charge in [0.2, 0.25) is 0 Å². The van der Waals surface area contributed by atoms with Crippen molar-refractivity contribution >= 4 is 11.0 Å². The minimum absolute atomic E-state index is 0.0599. The average Bonchev–Trinajstić information content (AvgIpc) is 2.68. The molecule has 0 saturated carbocycles. The maximum absolute atomic E-state index is 11.9. The molecule has 3 aromatic rings. The van der Waals surface area contributed by atoms with Crippen LogP contribution in [0.4, 0.5) is 0 Å². The largest absolute Gasteiger partial charge is 0.506 e. The molecule has 0 bridgehead atoms. The fraction of sp³-hybridized carbons (Fsp3) is 0. The number of nitrogens with zero attached hydrogens (tertiary/aromatic N) is 2. The molecule has 17 heavy (non-hydrogen) atoms. The molecule has 5 heteroatoms. The predicted octanol–water partition coefficient (Wildman–Crippen LogP) is 1.42. The molecule has 3 rings (SSSR count). The van der Waals surface area contributed by atoms with E-state index in [9.17, 15) is 9.90 Å². The van der Waals surface area contributed by atoms with Crippen molar-refractivity contribution in [3.8, 4) is 11.4 Å². The number of H-pyrrole nitrogens is 1. The first kappa shape index (κ1) is 9.65. The van der Waals surface area contributed by atoms with Crippen LogP contribution in [0.1, 0.15) is 0 Å². The third kappa shape index (κ3) is 1.40. The number of imidazole rings is 1. The molecule has 0 unspecified atom stereocenters. The Balaban J connectivity index is 2.45. The lowest BCUT2D eigenvalue weighted by molar-refractivity contribution is 0.479. The van der Waals surface area contributed by atoms with Gasteiger partial charge in [-0.05, 0) is 24.3 Å². The van der Waals surface area contributed by atoms with Crippen LogP contribution in [0.25, 0.3) is 16.7 Å². The first-order valence-electron chi connectivity index (χ1n) is 5.10. The molecule has 0 fully saturated rings. The molecule has 84 valence electrons. The van der Waals surface area contributed by atoms with Crippen LogP contribution < -0.4 is 5.69 Å². The van der Waals surface area contributed by atoms with Gasteiger partial charge in [0.1, 0.15) is 11.3 Å². The second-order valence-electron chi connectivity index (χ2n) is 3.65. The van der Waals surface area contributed by atoms with Gasteiger partial charge in [0, 0.05) is 6.20 Å². The Morgan fingerprint density at radius 2 is 2.12 bits per heavy atom. The van der Waals surface area contributed by atoms with E-state index in [1.54, 1.807) is 42.7 Å². The van der Waals surface area contributed by atoms with E-state index in [0.29, 0.717) is 16.7 Å². The lowest BCUT2D eigenvalue weighted by Gasteiger charge is -2.03. The summed E-state index contributed by atoms with van der Waals surface area (Å²) in [6.45, 7) is 0. The molecule has 0 saturated heterocycles. The highest BCUT2D eigenvalue weighted by Crippen LogP contribution is 2.23. The van der Waals surface area contributed by atoms with Gasteiger partial charge in [0.05, 0.1) is 17.4 Å². The van der Waals surface area contributed by atoms with E-state index in [4.69, 9.17) is 0 Å². The number of phenolic OH excluding ortho intramolecular Hbond substituents is 1. The molecule has 5 nitrogen and oxygen atoms in total. The third-order valence-corrected chi connectivity index (χ3v) is 2.59. The molecule has 0 aliphatic carbocycles. The molecule has 2 heterocycles.